The maximum atomic E-state index is 6.00. The van der Waals surface area contributed by atoms with Gasteiger partial charge in [0.2, 0.25) is 0 Å². The van der Waals surface area contributed by atoms with E-state index in [9.17, 15) is 0 Å². The lowest BCUT2D eigenvalue weighted by Crippen LogP contribution is -1.99. The van der Waals surface area contributed by atoms with Gasteiger partial charge in [-0.05, 0) is 51.9 Å². The van der Waals surface area contributed by atoms with Crippen LogP contribution in [0.25, 0.3) is 11.1 Å². The largest absolute Gasteiger partial charge is 0.268 e. The summed E-state index contributed by atoms with van der Waals surface area (Å²) in [7, 11) is 0. The molecule has 4 heteroatoms. The van der Waals surface area contributed by atoms with Crippen LogP contribution in [0.3, 0.4) is 0 Å². The Labute approximate surface area is 136 Å². The number of benzene rings is 2. The summed E-state index contributed by atoms with van der Waals surface area (Å²) in [6, 6.07) is 16.2. The highest BCUT2D eigenvalue weighted by molar-refractivity contribution is 14.1. The van der Waals surface area contributed by atoms with Crippen molar-refractivity contribution in [2.24, 2.45) is 0 Å². The Balaban J connectivity index is 1.86. The number of hydrogen-bond acceptors (Lipinski definition) is 1. The van der Waals surface area contributed by atoms with Gasteiger partial charge in [-0.1, -0.05) is 41.9 Å². The van der Waals surface area contributed by atoms with E-state index in [1.165, 1.54) is 9.13 Å². The molecule has 2 nitrogen and oxygen atoms in total. The second kappa shape index (κ2) is 5.97. The molecule has 0 N–H and O–H groups in total. The van der Waals surface area contributed by atoms with Crippen molar-refractivity contribution in [1.29, 1.82) is 0 Å². The van der Waals surface area contributed by atoms with Crippen molar-refractivity contribution in [2.45, 2.75) is 6.54 Å². The first-order valence-corrected chi connectivity index (χ1v) is 7.70. The van der Waals surface area contributed by atoms with Gasteiger partial charge in [-0.15, -0.1) is 0 Å². The van der Waals surface area contributed by atoms with E-state index in [0.29, 0.717) is 0 Å². The fourth-order valence-electron chi connectivity index (χ4n) is 2.11. The minimum absolute atomic E-state index is 0.726. The second-order valence-electron chi connectivity index (χ2n) is 4.54. The van der Waals surface area contributed by atoms with Crippen molar-refractivity contribution in [1.82, 2.24) is 9.78 Å². The van der Waals surface area contributed by atoms with Gasteiger partial charge in [0.1, 0.15) is 0 Å². The molecule has 0 fully saturated rings. The molecule has 3 aromatic rings. The molecule has 0 unspecified atom stereocenters. The monoisotopic (exact) mass is 394 g/mol. The van der Waals surface area contributed by atoms with E-state index in [1.807, 2.05) is 41.2 Å². The van der Waals surface area contributed by atoms with E-state index in [1.54, 1.807) is 0 Å². The normalized spacial score (nSPS) is 10.7. The Morgan fingerprint density at radius 1 is 1.10 bits per heavy atom. The molecule has 0 bridgehead atoms. The van der Waals surface area contributed by atoms with Crippen LogP contribution in [-0.2, 0) is 6.54 Å². The summed E-state index contributed by atoms with van der Waals surface area (Å²) < 4.78 is 3.16. The van der Waals surface area contributed by atoms with Crippen LogP contribution in [0.2, 0.25) is 5.02 Å². The number of hydrogen-bond donors (Lipinski definition) is 0. The predicted octanol–water partition coefficient (Wildman–Crippen LogP) is 4.86. The Hall–Kier alpha value is -1.33. The zero-order chi connectivity index (χ0) is 13.9. The molecule has 0 aliphatic heterocycles. The highest BCUT2D eigenvalue weighted by atomic mass is 127. The summed E-state index contributed by atoms with van der Waals surface area (Å²) in [6.45, 7) is 0.726. The van der Waals surface area contributed by atoms with Gasteiger partial charge < -0.3 is 0 Å². The van der Waals surface area contributed by atoms with E-state index in [-0.39, 0.29) is 0 Å². The molecule has 0 saturated heterocycles. The quantitative estimate of drug-likeness (QED) is 0.580. The Morgan fingerprint density at radius 2 is 1.95 bits per heavy atom. The average Bonchev–Trinajstić information content (AvgIpc) is 2.87. The third kappa shape index (κ3) is 3.04. The number of aromatic nitrogens is 2. The Kier molecular flexibility index (Phi) is 4.08. The smallest absolute Gasteiger partial charge is 0.0660 e. The average molecular weight is 395 g/mol. The molecule has 2 aromatic carbocycles. The maximum Gasteiger partial charge on any atom is 0.0660 e. The van der Waals surface area contributed by atoms with Crippen LogP contribution in [-0.4, -0.2) is 9.78 Å². The fraction of sp³-hybridized carbons (Fsp3) is 0.0625. The summed E-state index contributed by atoms with van der Waals surface area (Å²) in [6.07, 6.45) is 3.97. The Morgan fingerprint density at radius 3 is 2.75 bits per heavy atom. The molecule has 0 aliphatic rings. The van der Waals surface area contributed by atoms with Crippen molar-refractivity contribution in [2.75, 3.05) is 0 Å². The van der Waals surface area contributed by atoms with Crippen LogP contribution in [0.5, 0.6) is 0 Å². The van der Waals surface area contributed by atoms with Gasteiger partial charge in [0.05, 0.1) is 12.7 Å². The molecule has 0 atom stereocenters. The predicted molar refractivity (Wildman–Crippen MR) is 90.9 cm³/mol. The molecular formula is C16H12ClIN2. The van der Waals surface area contributed by atoms with E-state index in [0.717, 1.165) is 22.7 Å². The van der Waals surface area contributed by atoms with Crippen molar-refractivity contribution in [3.63, 3.8) is 0 Å². The van der Waals surface area contributed by atoms with E-state index in [4.69, 9.17) is 11.6 Å². The van der Waals surface area contributed by atoms with Crippen molar-refractivity contribution in [3.05, 3.63) is 75.1 Å². The third-order valence-electron chi connectivity index (χ3n) is 3.05. The van der Waals surface area contributed by atoms with Crippen LogP contribution in [0.4, 0.5) is 0 Å². The van der Waals surface area contributed by atoms with E-state index >= 15 is 0 Å². The van der Waals surface area contributed by atoms with Gasteiger partial charge in [0.15, 0.2) is 0 Å². The van der Waals surface area contributed by atoms with Crippen LogP contribution in [0.15, 0.2) is 60.9 Å². The number of nitrogens with zero attached hydrogens (tertiary/aromatic N) is 2. The molecule has 0 aliphatic carbocycles. The molecule has 0 spiro atoms. The van der Waals surface area contributed by atoms with Gasteiger partial charge in [-0.3, -0.25) is 4.68 Å². The molecule has 0 saturated carbocycles. The summed E-state index contributed by atoms with van der Waals surface area (Å²) in [4.78, 5) is 0. The van der Waals surface area contributed by atoms with Gasteiger partial charge in [-0.2, -0.15) is 5.10 Å². The minimum Gasteiger partial charge on any atom is -0.268 e. The number of rotatable bonds is 3. The van der Waals surface area contributed by atoms with Gasteiger partial charge in [0, 0.05) is 20.4 Å². The molecule has 1 heterocycles. The van der Waals surface area contributed by atoms with Gasteiger partial charge >= 0.3 is 0 Å². The Bertz CT molecular complexity index is 737. The third-order valence-corrected chi connectivity index (χ3v) is 4.23. The zero-order valence-electron chi connectivity index (χ0n) is 10.6. The highest BCUT2D eigenvalue weighted by Crippen LogP contribution is 2.24. The first-order valence-electron chi connectivity index (χ1n) is 6.24. The van der Waals surface area contributed by atoms with Crippen molar-refractivity contribution < 1.29 is 0 Å². The maximum absolute atomic E-state index is 6.00. The molecule has 0 radical (unpaired) electrons. The SMILES string of the molecule is Clc1cccc(Cn2cc(-c3ccccc3I)cn2)c1. The summed E-state index contributed by atoms with van der Waals surface area (Å²) in [5.41, 5.74) is 3.50. The molecular weight excluding hydrogens is 383 g/mol. The lowest BCUT2D eigenvalue weighted by Gasteiger charge is -2.02. The molecule has 1 aromatic heterocycles. The first-order chi connectivity index (χ1) is 9.72. The minimum atomic E-state index is 0.726. The highest BCUT2D eigenvalue weighted by Gasteiger charge is 2.05. The fourth-order valence-corrected chi connectivity index (χ4v) is 3.02. The summed E-state index contributed by atoms with van der Waals surface area (Å²) in [5.74, 6) is 0. The lowest BCUT2D eigenvalue weighted by atomic mass is 10.1. The van der Waals surface area contributed by atoms with Crippen LogP contribution in [0, 0.1) is 3.57 Å². The molecule has 3 rings (SSSR count). The van der Waals surface area contributed by atoms with E-state index < -0.39 is 0 Å². The lowest BCUT2D eigenvalue weighted by molar-refractivity contribution is 0.687. The summed E-state index contributed by atoms with van der Waals surface area (Å²) >= 11 is 8.35. The van der Waals surface area contributed by atoms with Crippen LogP contribution >= 0.6 is 34.2 Å². The van der Waals surface area contributed by atoms with Crippen molar-refractivity contribution >= 4 is 34.2 Å². The topological polar surface area (TPSA) is 17.8 Å². The molecule has 0 amide bonds. The van der Waals surface area contributed by atoms with Crippen molar-refractivity contribution in [3.8, 4) is 11.1 Å². The van der Waals surface area contributed by atoms with Gasteiger partial charge in [-0.25, -0.2) is 0 Å². The molecule has 20 heavy (non-hydrogen) atoms. The zero-order valence-corrected chi connectivity index (χ0v) is 13.5. The summed E-state index contributed by atoms with van der Waals surface area (Å²) in [5, 5.41) is 5.19. The second-order valence-corrected chi connectivity index (χ2v) is 6.13. The van der Waals surface area contributed by atoms with Crippen LogP contribution < -0.4 is 0 Å². The first kappa shape index (κ1) is 13.6. The van der Waals surface area contributed by atoms with Gasteiger partial charge in [0.25, 0.3) is 0 Å². The number of halogens is 2. The standard InChI is InChI=1S/C16H12ClIN2/c17-14-5-3-4-12(8-14)10-20-11-13(9-19-20)15-6-1-2-7-16(15)18/h1-9,11H,10H2. The molecule has 100 valence electrons. The van der Waals surface area contributed by atoms with Crippen LogP contribution in [0.1, 0.15) is 5.56 Å². The van der Waals surface area contributed by atoms with E-state index in [2.05, 4.69) is 52.1 Å².